The predicted molar refractivity (Wildman–Crippen MR) is 132 cm³/mol. The maximum Gasteiger partial charge on any atom is 0.246 e. The molecule has 0 unspecified atom stereocenters. The van der Waals surface area contributed by atoms with Crippen LogP contribution in [0.4, 0.5) is 5.95 Å². The Balaban J connectivity index is 1.55. The van der Waals surface area contributed by atoms with E-state index in [9.17, 15) is 9.59 Å². The third kappa shape index (κ3) is 5.56. The minimum absolute atomic E-state index is 0.0777. The molecule has 2 aromatic heterocycles. The monoisotopic (exact) mass is 453 g/mol. The van der Waals surface area contributed by atoms with Crippen LogP contribution in [0.1, 0.15) is 19.5 Å². The summed E-state index contributed by atoms with van der Waals surface area (Å²) in [6.45, 7) is 3.70. The van der Waals surface area contributed by atoms with E-state index in [0.29, 0.717) is 11.6 Å². The summed E-state index contributed by atoms with van der Waals surface area (Å²) in [5, 5.41) is 2.91. The lowest BCUT2D eigenvalue weighted by Crippen LogP contribution is -2.43. The minimum Gasteiger partial charge on any atom is -0.331 e. The van der Waals surface area contributed by atoms with Gasteiger partial charge in [-0.05, 0) is 38.1 Å². The number of anilines is 1. The van der Waals surface area contributed by atoms with Gasteiger partial charge in [-0.15, -0.1) is 0 Å². The molecular formula is C27H27N5O2. The van der Waals surface area contributed by atoms with Crippen molar-refractivity contribution in [3.8, 4) is 16.9 Å². The second-order valence-corrected chi connectivity index (χ2v) is 8.18. The van der Waals surface area contributed by atoms with Gasteiger partial charge in [0.25, 0.3) is 0 Å². The summed E-state index contributed by atoms with van der Waals surface area (Å²) in [6.07, 6.45) is 3.69. The molecule has 0 aliphatic heterocycles. The maximum absolute atomic E-state index is 13.0. The lowest BCUT2D eigenvalue weighted by Gasteiger charge is -2.26. The van der Waals surface area contributed by atoms with E-state index < -0.39 is 0 Å². The second kappa shape index (κ2) is 10.6. The molecule has 2 heterocycles. The zero-order valence-corrected chi connectivity index (χ0v) is 19.3. The highest BCUT2D eigenvalue weighted by Crippen LogP contribution is 2.24. The predicted octanol–water partition coefficient (Wildman–Crippen LogP) is 4.35. The third-order valence-electron chi connectivity index (χ3n) is 5.38. The van der Waals surface area contributed by atoms with Gasteiger partial charge in [-0.25, -0.2) is 4.98 Å². The van der Waals surface area contributed by atoms with E-state index in [1.165, 1.54) is 0 Å². The van der Waals surface area contributed by atoms with Crippen LogP contribution < -0.4 is 5.32 Å². The first kappa shape index (κ1) is 22.9. The van der Waals surface area contributed by atoms with Gasteiger partial charge >= 0.3 is 0 Å². The van der Waals surface area contributed by atoms with Gasteiger partial charge in [0.1, 0.15) is 6.54 Å². The van der Waals surface area contributed by atoms with Crippen molar-refractivity contribution >= 4 is 17.8 Å². The molecule has 0 aliphatic rings. The van der Waals surface area contributed by atoms with Crippen LogP contribution in [-0.2, 0) is 16.0 Å². The molecule has 0 bridgehead atoms. The molecule has 0 saturated heterocycles. The van der Waals surface area contributed by atoms with E-state index in [1.807, 2.05) is 91.3 Å². The highest BCUT2D eigenvalue weighted by Gasteiger charge is 2.22. The van der Waals surface area contributed by atoms with Gasteiger partial charge < -0.3 is 4.90 Å². The van der Waals surface area contributed by atoms with Crippen LogP contribution in [0.3, 0.4) is 0 Å². The molecule has 1 N–H and O–H groups in total. The van der Waals surface area contributed by atoms with Crippen molar-refractivity contribution in [1.29, 1.82) is 0 Å². The lowest BCUT2D eigenvalue weighted by molar-refractivity contribution is -0.135. The Hall–Kier alpha value is -4.26. The van der Waals surface area contributed by atoms with E-state index in [-0.39, 0.29) is 30.8 Å². The van der Waals surface area contributed by atoms with E-state index >= 15 is 0 Å². The standard InChI is InChI=1S/C27H27N5O2/c1-20(2)31(26(34)17-22-13-9-10-16-28-22)19-25(33)30-27-29-24(21-11-5-3-6-12-21)18-32(27)23-14-7-4-8-15-23/h3-16,18,20H,17,19H2,1-2H3,(H,29,30,33). The number of para-hydroxylation sites is 1. The van der Waals surface area contributed by atoms with Gasteiger partial charge in [-0.2, -0.15) is 0 Å². The fourth-order valence-corrected chi connectivity index (χ4v) is 3.64. The molecule has 2 aromatic carbocycles. The highest BCUT2D eigenvalue weighted by molar-refractivity contribution is 5.94. The molecule has 0 atom stereocenters. The topological polar surface area (TPSA) is 80.1 Å². The zero-order chi connectivity index (χ0) is 23.9. The molecule has 4 aromatic rings. The van der Waals surface area contributed by atoms with E-state index in [2.05, 4.69) is 15.3 Å². The SMILES string of the molecule is CC(C)N(CC(=O)Nc1nc(-c2ccccc2)cn1-c1ccccc1)C(=O)Cc1ccccn1. The molecule has 0 aliphatic carbocycles. The average molecular weight is 454 g/mol. The van der Waals surface area contributed by atoms with Crippen LogP contribution in [0.25, 0.3) is 16.9 Å². The smallest absolute Gasteiger partial charge is 0.246 e. The molecule has 0 radical (unpaired) electrons. The summed E-state index contributed by atoms with van der Waals surface area (Å²) in [5.41, 5.74) is 3.24. The Labute approximate surface area is 199 Å². The summed E-state index contributed by atoms with van der Waals surface area (Å²) < 4.78 is 1.84. The van der Waals surface area contributed by atoms with Crippen molar-refractivity contribution in [3.05, 3.63) is 97.0 Å². The van der Waals surface area contributed by atoms with Crippen LogP contribution in [0.15, 0.2) is 91.3 Å². The number of hydrogen-bond acceptors (Lipinski definition) is 4. The number of hydrogen-bond donors (Lipinski definition) is 1. The molecule has 2 amide bonds. The number of nitrogens with zero attached hydrogens (tertiary/aromatic N) is 4. The van der Waals surface area contributed by atoms with Gasteiger partial charge in [0.05, 0.1) is 12.1 Å². The number of pyridine rings is 1. The maximum atomic E-state index is 13.0. The second-order valence-electron chi connectivity index (χ2n) is 8.18. The first-order valence-corrected chi connectivity index (χ1v) is 11.2. The molecule has 0 fully saturated rings. The number of aromatic nitrogens is 3. The van der Waals surface area contributed by atoms with Crippen molar-refractivity contribution < 1.29 is 9.59 Å². The highest BCUT2D eigenvalue weighted by atomic mass is 16.2. The molecule has 4 rings (SSSR count). The first-order chi connectivity index (χ1) is 16.5. The molecule has 34 heavy (non-hydrogen) atoms. The van der Waals surface area contributed by atoms with E-state index in [0.717, 1.165) is 16.9 Å². The normalized spacial score (nSPS) is 10.8. The van der Waals surface area contributed by atoms with Crippen molar-refractivity contribution in [3.63, 3.8) is 0 Å². The number of carbonyl (C=O) groups excluding carboxylic acids is 2. The summed E-state index contributed by atoms with van der Waals surface area (Å²) in [4.78, 5) is 36.4. The largest absolute Gasteiger partial charge is 0.331 e. The summed E-state index contributed by atoms with van der Waals surface area (Å²) in [5.74, 6) is -0.0679. The molecule has 0 spiro atoms. The van der Waals surface area contributed by atoms with Crippen LogP contribution in [0.2, 0.25) is 0 Å². The van der Waals surface area contributed by atoms with Crippen molar-refractivity contribution in [2.75, 3.05) is 11.9 Å². The fraction of sp³-hybridized carbons (Fsp3) is 0.185. The number of imidazole rings is 1. The number of carbonyl (C=O) groups is 2. The average Bonchev–Trinajstić information content (AvgIpc) is 3.27. The van der Waals surface area contributed by atoms with Crippen molar-refractivity contribution in [2.24, 2.45) is 0 Å². The molecule has 172 valence electrons. The van der Waals surface area contributed by atoms with Gasteiger partial charge in [0, 0.05) is 35.4 Å². The number of benzene rings is 2. The van der Waals surface area contributed by atoms with Crippen molar-refractivity contribution in [1.82, 2.24) is 19.4 Å². The zero-order valence-electron chi connectivity index (χ0n) is 19.3. The Bertz CT molecular complexity index is 1240. The van der Waals surface area contributed by atoms with Crippen LogP contribution in [-0.4, -0.2) is 43.8 Å². The van der Waals surface area contributed by atoms with Crippen molar-refractivity contribution in [2.45, 2.75) is 26.3 Å². The Morgan fingerprint density at radius 3 is 2.26 bits per heavy atom. The van der Waals surface area contributed by atoms with E-state index in [1.54, 1.807) is 23.2 Å². The number of nitrogens with one attached hydrogen (secondary N) is 1. The summed E-state index contributed by atoms with van der Waals surface area (Å²) in [6, 6.07) is 24.8. The molecule has 7 heteroatoms. The summed E-state index contributed by atoms with van der Waals surface area (Å²) >= 11 is 0. The molecular weight excluding hydrogens is 426 g/mol. The van der Waals surface area contributed by atoms with Gasteiger partial charge in [-0.3, -0.25) is 24.5 Å². The number of rotatable bonds is 8. The third-order valence-corrected chi connectivity index (χ3v) is 5.38. The molecule has 0 saturated carbocycles. The van der Waals surface area contributed by atoms with Crippen LogP contribution in [0, 0.1) is 0 Å². The Morgan fingerprint density at radius 1 is 0.941 bits per heavy atom. The van der Waals surface area contributed by atoms with Crippen LogP contribution in [0.5, 0.6) is 0 Å². The van der Waals surface area contributed by atoms with Crippen LogP contribution >= 0.6 is 0 Å². The van der Waals surface area contributed by atoms with Gasteiger partial charge in [-0.1, -0.05) is 54.6 Å². The fourth-order valence-electron chi connectivity index (χ4n) is 3.64. The number of amides is 2. The van der Waals surface area contributed by atoms with E-state index in [4.69, 9.17) is 0 Å². The quantitative estimate of drug-likeness (QED) is 0.430. The molecule has 7 nitrogen and oxygen atoms in total. The lowest BCUT2D eigenvalue weighted by atomic mass is 10.2. The van der Waals surface area contributed by atoms with Gasteiger partial charge in [0.2, 0.25) is 17.8 Å². The Kier molecular flexibility index (Phi) is 7.13. The Morgan fingerprint density at radius 2 is 1.62 bits per heavy atom. The van der Waals surface area contributed by atoms with Gasteiger partial charge in [0.15, 0.2) is 0 Å². The first-order valence-electron chi connectivity index (χ1n) is 11.2. The minimum atomic E-state index is -0.314. The summed E-state index contributed by atoms with van der Waals surface area (Å²) in [7, 11) is 0.